The molecule has 4 heteroatoms. The number of anilines is 1. The van der Waals surface area contributed by atoms with Gasteiger partial charge in [-0.1, -0.05) is 23.7 Å². The van der Waals surface area contributed by atoms with Crippen LogP contribution in [0.25, 0.3) is 0 Å². The summed E-state index contributed by atoms with van der Waals surface area (Å²) in [4.78, 5) is 10.9. The minimum Gasteiger partial charge on any atom is -0.478 e. The highest BCUT2D eigenvalue weighted by Gasteiger charge is 2.06. The van der Waals surface area contributed by atoms with E-state index in [0.29, 0.717) is 17.1 Å². The highest BCUT2D eigenvalue weighted by atomic mass is 35.5. The maximum atomic E-state index is 10.9. The van der Waals surface area contributed by atoms with Gasteiger partial charge in [0, 0.05) is 10.7 Å². The van der Waals surface area contributed by atoms with E-state index in [0.717, 1.165) is 11.1 Å². The lowest BCUT2D eigenvalue weighted by Crippen LogP contribution is -2.00. The highest BCUT2D eigenvalue weighted by molar-refractivity contribution is 6.30. The maximum absolute atomic E-state index is 10.9. The second-order valence-corrected chi connectivity index (χ2v) is 4.51. The molecule has 0 atom stereocenters. The third kappa shape index (κ3) is 3.02. The molecular formula is C14H12ClNO2. The van der Waals surface area contributed by atoms with Gasteiger partial charge in [0.25, 0.3) is 0 Å². The van der Waals surface area contributed by atoms with E-state index >= 15 is 0 Å². The fraction of sp³-hybridized carbons (Fsp3) is 0.0714. The first-order valence-corrected chi connectivity index (χ1v) is 5.79. The Morgan fingerprint density at radius 3 is 2.39 bits per heavy atom. The number of benzene rings is 2. The number of carboxylic acids is 1. The number of rotatable bonds is 3. The van der Waals surface area contributed by atoms with E-state index in [-0.39, 0.29) is 5.56 Å². The molecule has 18 heavy (non-hydrogen) atoms. The van der Waals surface area contributed by atoms with Crippen LogP contribution in [-0.4, -0.2) is 11.1 Å². The molecule has 0 aliphatic carbocycles. The van der Waals surface area contributed by atoms with E-state index in [1.54, 1.807) is 24.3 Å². The average molecular weight is 262 g/mol. The van der Waals surface area contributed by atoms with E-state index in [1.807, 2.05) is 12.1 Å². The van der Waals surface area contributed by atoms with Crippen molar-refractivity contribution in [3.05, 3.63) is 64.2 Å². The second-order valence-electron chi connectivity index (χ2n) is 4.07. The SMILES string of the molecule is Nc1cc(Cc2ccc(Cl)cc2)cc(C(=O)O)c1. The highest BCUT2D eigenvalue weighted by Crippen LogP contribution is 2.17. The number of carbonyl (C=O) groups is 1. The Kier molecular flexibility index (Phi) is 3.53. The molecule has 0 unspecified atom stereocenters. The summed E-state index contributed by atoms with van der Waals surface area (Å²) < 4.78 is 0. The molecule has 2 aromatic carbocycles. The van der Waals surface area contributed by atoms with Crippen molar-refractivity contribution in [3.63, 3.8) is 0 Å². The number of nitrogen functional groups attached to an aromatic ring is 1. The van der Waals surface area contributed by atoms with E-state index in [4.69, 9.17) is 22.4 Å². The number of nitrogens with two attached hydrogens (primary N) is 1. The Balaban J connectivity index is 2.28. The predicted molar refractivity (Wildman–Crippen MR) is 72.1 cm³/mol. The molecule has 0 aliphatic heterocycles. The van der Waals surface area contributed by atoms with Crippen LogP contribution in [-0.2, 0) is 6.42 Å². The van der Waals surface area contributed by atoms with Gasteiger partial charge in [0.2, 0.25) is 0 Å². The molecule has 3 N–H and O–H groups in total. The quantitative estimate of drug-likeness (QED) is 0.834. The molecule has 0 spiro atoms. The zero-order chi connectivity index (χ0) is 13.1. The van der Waals surface area contributed by atoms with E-state index < -0.39 is 5.97 Å². The molecule has 2 rings (SSSR count). The third-order valence-electron chi connectivity index (χ3n) is 2.58. The fourth-order valence-electron chi connectivity index (χ4n) is 1.78. The predicted octanol–water partition coefficient (Wildman–Crippen LogP) is 3.21. The molecule has 0 saturated heterocycles. The smallest absolute Gasteiger partial charge is 0.335 e. The Morgan fingerprint density at radius 1 is 1.11 bits per heavy atom. The van der Waals surface area contributed by atoms with Crippen LogP contribution in [0.2, 0.25) is 5.02 Å². The summed E-state index contributed by atoms with van der Waals surface area (Å²) in [5.41, 5.74) is 8.28. The van der Waals surface area contributed by atoms with Crippen LogP contribution in [0.15, 0.2) is 42.5 Å². The molecule has 0 heterocycles. The minimum atomic E-state index is -0.973. The van der Waals surface area contributed by atoms with Crippen molar-refractivity contribution in [3.8, 4) is 0 Å². The first-order valence-electron chi connectivity index (χ1n) is 5.42. The Labute approximate surface area is 110 Å². The topological polar surface area (TPSA) is 63.3 Å². The number of carboxylic acid groups (broad SMARTS) is 1. The van der Waals surface area contributed by atoms with Gasteiger partial charge in [0.15, 0.2) is 0 Å². The molecule has 92 valence electrons. The molecule has 0 bridgehead atoms. The first-order chi connectivity index (χ1) is 8.54. The van der Waals surface area contributed by atoms with Crippen molar-refractivity contribution in [2.75, 3.05) is 5.73 Å². The van der Waals surface area contributed by atoms with Crippen molar-refractivity contribution in [1.82, 2.24) is 0 Å². The van der Waals surface area contributed by atoms with Crippen molar-refractivity contribution >= 4 is 23.3 Å². The standard InChI is InChI=1S/C14H12ClNO2/c15-12-3-1-9(2-4-12)5-10-6-11(14(17)18)8-13(16)7-10/h1-4,6-8H,5,16H2,(H,17,18). The summed E-state index contributed by atoms with van der Waals surface area (Å²) in [5.74, 6) is -0.973. The van der Waals surface area contributed by atoms with Gasteiger partial charge in [0.05, 0.1) is 5.56 Å². The van der Waals surface area contributed by atoms with Gasteiger partial charge in [-0.15, -0.1) is 0 Å². The zero-order valence-corrected chi connectivity index (χ0v) is 10.3. The summed E-state index contributed by atoms with van der Waals surface area (Å²) in [5, 5.41) is 9.64. The zero-order valence-electron chi connectivity index (χ0n) is 9.56. The monoisotopic (exact) mass is 261 g/mol. The van der Waals surface area contributed by atoms with Crippen LogP contribution in [0.3, 0.4) is 0 Å². The van der Waals surface area contributed by atoms with E-state index in [2.05, 4.69) is 0 Å². The number of hydrogen-bond donors (Lipinski definition) is 2. The minimum absolute atomic E-state index is 0.207. The molecule has 0 aromatic heterocycles. The Bertz CT molecular complexity index is 579. The first kappa shape index (κ1) is 12.5. The molecule has 2 aromatic rings. The van der Waals surface area contributed by atoms with Gasteiger partial charge in [0.1, 0.15) is 0 Å². The lowest BCUT2D eigenvalue weighted by molar-refractivity contribution is 0.0697. The van der Waals surface area contributed by atoms with Crippen LogP contribution in [0.4, 0.5) is 5.69 Å². The van der Waals surface area contributed by atoms with Crippen molar-refractivity contribution < 1.29 is 9.90 Å². The third-order valence-corrected chi connectivity index (χ3v) is 2.84. The number of aromatic carboxylic acids is 1. The lowest BCUT2D eigenvalue weighted by Gasteiger charge is -2.05. The average Bonchev–Trinajstić information content (AvgIpc) is 2.31. The lowest BCUT2D eigenvalue weighted by atomic mass is 10.0. The van der Waals surface area contributed by atoms with Gasteiger partial charge in [-0.05, 0) is 47.9 Å². The van der Waals surface area contributed by atoms with Crippen molar-refractivity contribution in [2.45, 2.75) is 6.42 Å². The Hall–Kier alpha value is -2.00. The summed E-state index contributed by atoms with van der Waals surface area (Å²) in [7, 11) is 0. The normalized spacial score (nSPS) is 10.3. The van der Waals surface area contributed by atoms with Crippen LogP contribution in [0, 0.1) is 0 Å². The molecule has 0 saturated carbocycles. The second kappa shape index (κ2) is 5.10. The van der Waals surface area contributed by atoms with E-state index in [1.165, 1.54) is 6.07 Å². The molecule has 3 nitrogen and oxygen atoms in total. The molecule has 0 fully saturated rings. The summed E-state index contributed by atoms with van der Waals surface area (Å²) in [6.07, 6.45) is 0.627. The van der Waals surface area contributed by atoms with Crippen molar-refractivity contribution in [2.24, 2.45) is 0 Å². The Morgan fingerprint density at radius 2 is 1.78 bits per heavy atom. The van der Waals surface area contributed by atoms with Gasteiger partial charge >= 0.3 is 5.97 Å². The molecular weight excluding hydrogens is 250 g/mol. The van der Waals surface area contributed by atoms with E-state index in [9.17, 15) is 4.79 Å². The van der Waals surface area contributed by atoms with Gasteiger partial charge in [-0.3, -0.25) is 0 Å². The molecule has 0 amide bonds. The van der Waals surface area contributed by atoms with Crippen LogP contribution < -0.4 is 5.73 Å². The molecule has 0 aliphatic rings. The fourth-order valence-corrected chi connectivity index (χ4v) is 1.91. The van der Waals surface area contributed by atoms with Crippen LogP contribution >= 0.6 is 11.6 Å². The van der Waals surface area contributed by atoms with Gasteiger partial charge in [-0.25, -0.2) is 4.79 Å². The summed E-state index contributed by atoms with van der Waals surface area (Å²) in [6, 6.07) is 12.3. The largest absolute Gasteiger partial charge is 0.478 e. The van der Waals surface area contributed by atoms with Gasteiger partial charge < -0.3 is 10.8 Å². The summed E-state index contributed by atoms with van der Waals surface area (Å²) in [6.45, 7) is 0. The van der Waals surface area contributed by atoms with Crippen LogP contribution in [0.5, 0.6) is 0 Å². The number of halogens is 1. The maximum Gasteiger partial charge on any atom is 0.335 e. The van der Waals surface area contributed by atoms with Crippen LogP contribution in [0.1, 0.15) is 21.5 Å². The summed E-state index contributed by atoms with van der Waals surface area (Å²) >= 11 is 5.81. The molecule has 0 radical (unpaired) electrons. The van der Waals surface area contributed by atoms with Gasteiger partial charge in [-0.2, -0.15) is 0 Å². The number of hydrogen-bond acceptors (Lipinski definition) is 2. The van der Waals surface area contributed by atoms with Crippen molar-refractivity contribution in [1.29, 1.82) is 0 Å².